The summed E-state index contributed by atoms with van der Waals surface area (Å²) < 4.78 is 27.9. The van der Waals surface area contributed by atoms with Gasteiger partial charge in [-0.1, -0.05) is 24.3 Å². The summed E-state index contributed by atoms with van der Waals surface area (Å²) in [6.07, 6.45) is 4.50. The number of piperazine rings is 1. The molecule has 1 aliphatic heterocycles. The van der Waals surface area contributed by atoms with E-state index in [0.29, 0.717) is 5.95 Å². The lowest BCUT2D eigenvalue weighted by Gasteiger charge is -2.34. The summed E-state index contributed by atoms with van der Waals surface area (Å²) in [5.41, 5.74) is 3.64. The van der Waals surface area contributed by atoms with Crippen LogP contribution in [0, 0.1) is 0 Å². The second kappa shape index (κ2) is 11.2. The molecule has 0 bridgehead atoms. The second-order valence-electron chi connectivity index (χ2n) is 11.6. The number of anilines is 1. The van der Waals surface area contributed by atoms with Crippen LogP contribution in [0.25, 0.3) is 22.2 Å². The zero-order valence-electron chi connectivity index (χ0n) is 22.7. The number of aromatic nitrogens is 3. The standard InChI is InChI=1S/C29H40F2N6O/c1-20(16-26(30)31)33-28-32-17-24-25(19-37(27(24)34-28)23-8-10-29(2,38)11-9-23)22-6-4-21(5-7-22)18-36-14-12-35(3)13-15-36/h4-7,17,19-20,23,26,38H,8-16,18H2,1-3H3,(H,32,33,34)/t20-,23-,29-/m1/s1. The number of aliphatic hydroxyl groups is 1. The van der Waals surface area contributed by atoms with Crippen LogP contribution in [-0.2, 0) is 6.54 Å². The predicted octanol–water partition coefficient (Wildman–Crippen LogP) is 5.17. The number of likely N-dealkylation sites (N-methyl/N-ethyl adjacent to an activating group) is 1. The largest absolute Gasteiger partial charge is 0.390 e. The topological polar surface area (TPSA) is 69.5 Å². The second-order valence-corrected chi connectivity index (χ2v) is 11.6. The third-order valence-electron chi connectivity index (χ3n) is 8.17. The van der Waals surface area contributed by atoms with Crippen LogP contribution in [-0.4, -0.2) is 80.7 Å². The highest BCUT2D eigenvalue weighted by atomic mass is 19.3. The van der Waals surface area contributed by atoms with Gasteiger partial charge >= 0.3 is 0 Å². The van der Waals surface area contributed by atoms with E-state index in [4.69, 9.17) is 4.98 Å². The Morgan fingerprint density at radius 3 is 2.45 bits per heavy atom. The Kier molecular flexibility index (Phi) is 7.98. The highest BCUT2D eigenvalue weighted by Gasteiger charge is 2.31. The summed E-state index contributed by atoms with van der Waals surface area (Å²) in [6.45, 7) is 8.95. The van der Waals surface area contributed by atoms with Crippen molar-refractivity contribution < 1.29 is 13.9 Å². The maximum atomic E-state index is 12.9. The molecule has 2 aromatic heterocycles. The smallest absolute Gasteiger partial charge is 0.240 e. The van der Waals surface area contributed by atoms with Gasteiger partial charge in [-0.25, -0.2) is 13.8 Å². The molecule has 206 valence electrons. The number of hydrogen-bond acceptors (Lipinski definition) is 6. The first-order chi connectivity index (χ1) is 18.2. The molecule has 1 atom stereocenters. The molecule has 7 nitrogen and oxygen atoms in total. The van der Waals surface area contributed by atoms with Gasteiger partial charge in [-0.15, -0.1) is 0 Å². The fraction of sp³-hybridized carbons (Fsp3) is 0.586. The summed E-state index contributed by atoms with van der Waals surface area (Å²) in [5, 5.41) is 14.5. The van der Waals surface area contributed by atoms with Gasteiger partial charge in [-0.3, -0.25) is 4.90 Å². The molecule has 2 aliphatic rings. The summed E-state index contributed by atoms with van der Waals surface area (Å²) in [4.78, 5) is 14.2. The summed E-state index contributed by atoms with van der Waals surface area (Å²) in [6, 6.07) is 8.53. The van der Waals surface area contributed by atoms with Gasteiger partial charge in [0.25, 0.3) is 0 Å². The molecule has 0 spiro atoms. The van der Waals surface area contributed by atoms with Gasteiger partial charge in [0.15, 0.2) is 0 Å². The number of benzene rings is 1. The van der Waals surface area contributed by atoms with E-state index in [-0.39, 0.29) is 12.5 Å². The molecular weight excluding hydrogens is 486 g/mol. The van der Waals surface area contributed by atoms with Crippen molar-refractivity contribution in [3.05, 3.63) is 42.2 Å². The number of halogens is 2. The first-order valence-electron chi connectivity index (χ1n) is 13.8. The summed E-state index contributed by atoms with van der Waals surface area (Å²) >= 11 is 0. The van der Waals surface area contributed by atoms with Gasteiger partial charge in [0.1, 0.15) is 5.65 Å². The quantitative estimate of drug-likeness (QED) is 0.422. The molecule has 1 aromatic carbocycles. The molecule has 0 unspecified atom stereocenters. The number of fused-ring (bicyclic) bond motifs is 1. The minimum atomic E-state index is -2.38. The number of nitrogens with one attached hydrogen (secondary N) is 1. The lowest BCUT2D eigenvalue weighted by Crippen LogP contribution is -2.43. The van der Waals surface area contributed by atoms with Crippen molar-refractivity contribution in [3.8, 4) is 11.1 Å². The molecule has 0 radical (unpaired) electrons. The Labute approximate surface area is 223 Å². The van der Waals surface area contributed by atoms with Crippen LogP contribution >= 0.6 is 0 Å². The van der Waals surface area contributed by atoms with Crippen molar-refractivity contribution in [1.82, 2.24) is 24.3 Å². The van der Waals surface area contributed by atoms with Crippen molar-refractivity contribution in [2.45, 2.75) is 76.6 Å². The molecule has 1 saturated heterocycles. The van der Waals surface area contributed by atoms with Crippen molar-refractivity contribution >= 4 is 17.0 Å². The third-order valence-corrected chi connectivity index (χ3v) is 8.17. The number of rotatable bonds is 8. The average molecular weight is 527 g/mol. The zero-order valence-corrected chi connectivity index (χ0v) is 22.7. The molecule has 5 rings (SSSR count). The number of alkyl halides is 2. The van der Waals surface area contributed by atoms with E-state index in [0.717, 1.165) is 80.6 Å². The SMILES string of the molecule is C[C@H](CC(F)F)Nc1ncc2c(-c3ccc(CN4CCN(C)CC4)cc3)cn([C@H]3CC[C@](C)(O)CC3)c2n1. The Morgan fingerprint density at radius 2 is 1.79 bits per heavy atom. The molecule has 2 fully saturated rings. The number of nitrogens with zero attached hydrogens (tertiary/aromatic N) is 5. The molecule has 9 heteroatoms. The van der Waals surface area contributed by atoms with E-state index in [1.165, 1.54) is 5.56 Å². The van der Waals surface area contributed by atoms with Gasteiger partial charge in [0.2, 0.25) is 12.4 Å². The highest BCUT2D eigenvalue weighted by Crippen LogP contribution is 2.39. The Balaban J connectivity index is 1.43. The van der Waals surface area contributed by atoms with Gasteiger partial charge in [0.05, 0.1) is 5.60 Å². The van der Waals surface area contributed by atoms with Crippen LogP contribution in [0.2, 0.25) is 0 Å². The molecule has 1 aliphatic carbocycles. The first-order valence-corrected chi connectivity index (χ1v) is 13.8. The maximum absolute atomic E-state index is 12.9. The average Bonchev–Trinajstić information content (AvgIpc) is 3.24. The maximum Gasteiger partial charge on any atom is 0.240 e. The Bertz CT molecular complexity index is 1210. The van der Waals surface area contributed by atoms with Crippen LogP contribution in [0.3, 0.4) is 0 Å². The Morgan fingerprint density at radius 1 is 1.11 bits per heavy atom. The molecule has 3 heterocycles. The van der Waals surface area contributed by atoms with Crippen LogP contribution < -0.4 is 5.32 Å². The monoisotopic (exact) mass is 526 g/mol. The van der Waals surface area contributed by atoms with Crippen LogP contribution in [0.15, 0.2) is 36.7 Å². The molecular formula is C29H40F2N6O. The lowest BCUT2D eigenvalue weighted by molar-refractivity contribution is 0.0104. The molecule has 2 N–H and O–H groups in total. The molecule has 3 aromatic rings. The predicted molar refractivity (Wildman–Crippen MR) is 148 cm³/mol. The van der Waals surface area contributed by atoms with E-state index >= 15 is 0 Å². The van der Waals surface area contributed by atoms with Crippen molar-refractivity contribution in [1.29, 1.82) is 0 Å². The van der Waals surface area contributed by atoms with Gasteiger partial charge in [-0.2, -0.15) is 4.98 Å². The Hall–Kier alpha value is -2.62. The van der Waals surface area contributed by atoms with Crippen LogP contribution in [0.4, 0.5) is 14.7 Å². The zero-order chi connectivity index (χ0) is 26.9. The van der Waals surface area contributed by atoms with Gasteiger partial charge < -0.3 is 19.9 Å². The minimum absolute atomic E-state index is 0.212. The van der Waals surface area contributed by atoms with E-state index in [1.807, 2.05) is 13.1 Å². The van der Waals surface area contributed by atoms with Crippen LogP contribution in [0.5, 0.6) is 0 Å². The lowest BCUT2D eigenvalue weighted by atomic mass is 9.83. The van der Waals surface area contributed by atoms with Crippen molar-refractivity contribution in [2.75, 3.05) is 38.5 Å². The summed E-state index contributed by atoms with van der Waals surface area (Å²) in [5.74, 6) is 0.363. The minimum Gasteiger partial charge on any atom is -0.390 e. The fourth-order valence-electron chi connectivity index (χ4n) is 5.71. The van der Waals surface area contributed by atoms with E-state index < -0.39 is 18.1 Å². The van der Waals surface area contributed by atoms with Gasteiger partial charge in [0, 0.05) is 74.6 Å². The van der Waals surface area contributed by atoms with Crippen molar-refractivity contribution in [2.24, 2.45) is 0 Å². The molecule has 1 saturated carbocycles. The summed E-state index contributed by atoms with van der Waals surface area (Å²) in [7, 11) is 2.17. The highest BCUT2D eigenvalue weighted by molar-refractivity contribution is 5.94. The number of hydrogen-bond donors (Lipinski definition) is 2. The van der Waals surface area contributed by atoms with Crippen LogP contribution in [0.1, 0.15) is 57.6 Å². The van der Waals surface area contributed by atoms with Gasteiger partial charge in [-0.05, 0) is 57.7 Å². The normalized spacial score (nSPS) is 24.2. The van der Waals surface area contributed by atoms with E-state index in [1.54, 1.807) is 6.92 Å². The third kappa shape index (κ3) is 6.33. The first kappa shape index (κ1) is 27.0. The fourth-order valence-corrected chi connectivity index (χ4v) is 5.71. The molecule has 0 amide bonds. The van der Waals surface area contributed by atoms with E-state index in [9.17, 15) is 13.9 Å². The molecule has 38 heavy (non-hydrogen) atoms. The van der Waals surface area contributed by atoms with E-state index in [2.05, 4.69) is 62.2 Å². The van der Waals surface area contributed by atoms with Crippen molar-refractivity contribution in [3.63, 3.8) is 0 Å².